The van der Waals surface area contributed by atoms with E-state index < -0.39 is 29.6 Å². The summed E-state index contributed by atoms with van der Waals surface area (Å²) in [5, 5.41) is 8.75. The van der Waals surface area contributed by atoms with Gasteiger partial charge in [0.15, 0.2) is 0 Å². The van der Waals surface area contributed by atoms with Crippen molar-refractivity contribution >= 4 is 23.6 Å². The molecule has 6 heteroatoms. The van der Waals surface area contributed by atoms with Gasteiger partial charge in [-0.2, -0.15) is 0 Å². The number of amides is 2. The number of carbonyl (C=O) groups is 4. The third kappa shape index (κ3) is 2.03. The van der Waals surface area contributed by atoms with Gasteiger partial charge in [-0.05, 0) is 6.42 Å². The van der Waals surface area contributed by atoms with Crippen LogP contribution >= 0.6 is 0 Å². The fraction of sp³-hybridized carbons (Fsp3) is 0.556. The summed E-state index contributed by atoms with van der Waals surface area (Å²) in [4.78, 5) is 45.0. The molecule has 15 heavy (non-hydrogen) atoms. The van der Waals surface area contributed by atoms with Gasteiger partial charge in [-0.1, -0.05) is 6.92 Å². The van der Waals surface area contributed by atoms with Gasteiger partial charge >= 0.3 is 5.97 Å². The average Bonchev–Trinajstić information content (AvgIpc) is 2.58. The summed E-state index contributed by atoms with van der Waals surface area (Å²) < 4.78 is 0. The molecule has 0 bridgehead atoms. The first-order chi connectivity index (χ1) is 6.99. The van der Waals surface area contributed by atoms with Crippen molar-refractivity contribution in [2.75, 3.05) is 0 Å². The molecule has 0 aromatic heterocycles. The SMILES string of the molecule is CCC(=O)C(=O)N1C(=O)CC[C@H]1C(=O)O. The van der Waals surface area contributed by atoms with E-state index in [4.69, 9.17) is 5.11 Å². The number of carboxylic acids is 1. The van der Waals surface area contributed by atoms with E-state index in [0.29, 0.717) is 4.90 Å². The van der Waals surface area contributed by atoms with Crippen LogP contribution in [0.3, 0.4) is 0 Å². The summed E-state index contributed by atoms with van der Waals surface area (Å²) in [7, 11) is 0. The topological polar surface area (TPSA) is 91.8 Å². The fourth-order valence-corrected chi connectivity index (χ4v) is 1.46. The summed E-state index contributed by atoms with van der Waals surface area (Å²) in [5.74, 6) is -3.59. The van der Waals surface area contributed by atoms with Gasteiger partial charge in [0.25, 0.3) is 5.91 Å². The molecule has 0 aromatic rings. The first-order valence-electron chi connectivity index (χ1n) is 4.61. The second kappa shape index (κ2) is 4.20. The summed E-state index contributed by atoms with van der Waals surface area (Å²) in [6.07, 6.45) is 0.0472. The lowest BCUT2D eigenvalue weighted by Crippen LogP contribution is -2.45. The Kier molecular flexibility index (Phi) is 3.18. The van der Waals surface area contributed by atoms with Gasteiger partial charge in [0, 0.05) is 12.8 Å². The molecule has 0 aromatic carbocycles. The largest absolute Gasteiger partial charge is 0.480 e. The van der Waals surface area contributed by atoms with E-state index in [2.05, 4.69) is 0 Å². The first-order valence-corrected chi connectivity index (χ1v) is 4.61. The van der Waals surface area contributed by atoms with Crippen molar-refractivity contribution in [1.29, 1.82) is 0 Å². The number of carboxylic acid groups (broad SMARTS) is 1. The number of nitrogens with zero attached hydrogens (tertiary/aromatic N) is 1. The van der Waals surface area contributed by atoms with Crippen molar-refractivity contribution in [2.45, 2.75) is 32.2 Å². The summed E-state index contributed by atoms with van der Waals surface area (Å²) in [5.41, 5.74) is 0. The van der Waals surface area contributed by atoms with Gasteiger partial charge in [-0.3, -0.25) is 19.3 Å². The predicted molar refractivity (Wildman–Crippen MR) is 47.8 cm³/mol. The molecule has 0 radical (unpaired) electrons. The second-order valence-electron chi connectivity index (χ2n) is 3.24. The highest BCUT2D eigenvalue weighted by Crippen LogP contribution is 2.19. The van der Waals surface area contributed by atoms with E-state index in [-0.39, 0.29) is 19.3 Å². The Morgan fingerprint density at radius 3 is 2.53 bits per heavy atom. The van der Waals surface area contributed by atoms with Crippen LogP contribution < -0.4 is 0 Å². The molecule has 1 aliphatic rings. The normalized spacial score (nSPS) is 20.5. The van der Waals surface area contributed by atoms with Gasteiger partial charge in [-0.15, -0.1) is 0 Å². The van der Waals surface area contributed by atoms with E-state index in [1.165, 1.54) is 6.92 Å². The molecule has 0 saturated carbocycles. The van der Waals surface area contributed by atoms with Crippen molar-refractivity contribution in [1.82, 2.24) is 4.90 Å². The first kappa shape index (κ1) is 11.4. The lowest BCUT2D eigenvalue weighted by Gasteiger charge is -2.18. The molecule has 1 rings (SSSR count). The molecule has 2 amide bonds. The van der Waals surface area contributed by atoms with Crippen LogP contribution in [0.25, 0.3) is 0 Å². The number of ketones is 1. The van der Waals surface area contributed by atoms with Crippen molar-refractivity contribution in [3.8, 4) is 0 Å². The van der Waals surface area contributed by atoms with Crippen LogP contribution in [-0.2, 0) is 19.2 Å². The molecule has 0 aliphatic carbocycles. The predicted octanol–water partition coefficient (Wildman–Crippen LogP) is -0.432. The van der Waals surface area contributed by atoms with Gasteiger partial charge in [0.05, 0.1) is 0 Å². The minimum absolute atomic E-state index is 0.000297. The molecule has 1 saturated heterocycles. The fourth-order valence-electron chi connectivity index (χ4n) is 1.46. The third-order valence-corrected chi connectivity index (χ3v) is 2.28. The minimum atomic E-state index is -1.25. The maximum absolute atomic E-state index is 11.4. The van der Waals surface area contributed by atoms with E-state index >= 15 is 0 Å². The average molecular weight is 213 g/mol. The molecule has 1 heterocycles. The van der Waals surface area contributed by atoms with Gasteiger partial charge in [0.1, 0.15) is 6.04 Å². The molecule has 1 aliphatic heterocycles. The maximum Gasteiger partial charge on any atom is 0.326 e. The highest BCUT2D eigenvalue weighted by Gasteiger charge is 2.41. The molecule has 6 nitrogen and oxygen atoms in total. The van der Waals surface area contributed by atoms with Crippen molar-refractivity contribution < 1.29 is 24.3 Å². The minimum Gasteiger partial charge on any atom is -0.480 e. The zero-order valence-corrected chi connectivity index (χ0v) is 8.23. The van der Waals surface area contributed by atoms with E-state index in [9.17, 15) is 19.2 Å². The zero-order chi connectivity index (χ0) is 11.6. The van der Waals surface area contributed by atoms with Crippen LogP contribution in [0.2, 0.25) is 0 Å². The standard InChI is InChI=1S/C9H11NO5/c1-2-6(11)8(13)10-5(9(14)15)3-4-7(10)12/h5H,2-4H2,1H3,(H,14,15)/t5-/m0/s1. The van der Waals surface area contributed by atoms with Gasteiger partial charge < -0.3 is 5.11 Å². The summed E-state index contributed by atoms with van der Waals surface area (Å²) >= 11 is 0. The van der Waals surface area contributed by atoms with Gasteiger partial charge in [0.2, 0.25) is 11.7 Å². The monoisotopic (exact) mass is 213 g/mol. The highest BCUT2D eigenvalue weighted by atomic mass is 16.4. The van der Waals surface area contributed by atoms with Crippen LogP contribution in [0, 0.1) is 0 Å². The molecular weight excluding hydrogens is 202 g/mol. The number of aliphatic carboxylic acids is 1. The van der Waals surface area contributed by atoms with Crippen molar-refractivity contribution in [3.05, 3.63) is 0 Å². The second-order valence-corrected chi connectivity index (χ2v) is 3.24. The summed E-state index contributed by atoms with van der Waals surface area (Å²) in [6.45, 7) is 1.48. The quantitative estimate of drug-likeness (QED) is 0.642. The zero-order valence-electron chi connectivity index (χ0n) is 8.23. The molecular formula is C9H11NO5. The molecule has 1 atom stereocenters. The molecule has 0 spiro atoms. The molecule has 1 fully saturated rings. The lowest BCUT2D eigenvalue weighted by atomic mass is 10.2. The lowest BCUT2D eigenvalue weighted by molar-refractivity contribution is -0.157. The van der Waals surface area contributed by atoms with Crippen LogP contribution in [0.15, 0.2) is 0 Å². The third-order valence-electron chi connectivity index (χ3n) is 2.28. The summed E-state index contributed by atoms with van der Waals surface area (Å²) in [6, 6.07) is -1.18. The van der Waals surface area contributed by atoms with Crippen LogP contribution in [0.4, 0.5) is 0 Å². The van der Waals surface area contributed by atoms with Crippen LogP contribution in [-0.4, -0.2) is 39.6 Å². The number of hydrogen-bond donors (Lipinski definition) is 1. The van der Waals surface area contributed by atoms with E-state index in [1.54, 1.807) is 0 Å². The van der Waals surface area contributed by atoms with E-state index in [1.807, 2.05) is 0 Å². The highest BCUT2D eigenvalue weighted by molar-refractivity contribution is 6.39. The maximum atomic E-state index is 11.4. The number of hydrogen-bond acceptors (Lipinski definition) is 4. The Labute approximate surface area is 85.9 Å². The molecule has 0 unspecified atom stereocenters. The Balaban J connectivity index is 2.90. The molecule has 82 valence electrons. The van der Waals surface area contributed by atoms with Gasteiger partial charge in [-0.25, -0.2) is 4.79 Å². The van der Waals surface area contributed by atoms with Crippen LogP contribution in [0.1, 0.15) is 26.2 Å². The number of Topliss-reactive ketones (excluding diaryl/α,β-unsaturated/α-hetero) is 1. The smallest absolute Gasteiger partial charge is 0.326 e. The van der Waals surface area contributed by atoms with Crippen molar-refractivity contribution in [3.63, 3.8) is 0 Å². The Morgan fingerprint density at radius 2 is 2.07 bits per heavy atom. The van der Waals surface area contributed by atoms with Crippen LogP contribution in [0.5, 0.6) is 0 Å². The molecule has 1 N–H and O–H groups in total. The number of carbonyl (C=O) groups excluding carboxylic acids is 3. The number of imide groups is 1. The Morgan fingerprint density at radius 1 is 1.47 bits per heavy atom. The Hall–Kier alpha value is -1.72. The number of likely N-dealkylation sites (tertiary alicyclic amines) is 1. The van der Waals surface area contributed by atoms with E-state index in [0.717, 1.165) is 0 Å². The number of rotatable bonds is 3. The Bertz CT molecular complexity index is 335. The van der Waals surface area contributed by atoms with Crippen molar-refractivity contribution in [2.24, 2.45) is 0 Å².